The Hall–Kier alpha value is -6.18. The Morgan fingerprint density at radius 2 is 0.980 bits per heavy atom. The molecule has 0 aromatic heterocycles. The van der Waals surface area contributed by atoms with Crippen LogP contribution < -0.4 is 4.90 Å². The third-order valence-electron chi connectivity index (χ3n) is 11.0. The second-order valence-corrected chi connectivity index (χ2v) is 14.1. The quantitative estimate of drug-likeness (QED) is 0.174. The fourth-order valence-corrected chi connectivity index (χ4v) is 8.56. The fourth-order valence-electron chi connectivity index (χ4n) is 8.56. The minimum atomic E-state index is -0.0468. The van der Waals surface area contributed by atoms with E-state index < -0.39 is 0 Å². The summed E-state index contributed by atoms with van der Waals surface area (Å²) in [6.45, 7) is 4.70. The van der Waals surface area contributed by atoms with Crippen molar-refractivity contribution < 1.29 is 0 Å². The molecule has 0 unspecified atom stereocenters. The van der Waals surface area contributed by atoms with Gasteiger partial charge in [-0.25, -0.2) is 0 Å². The molecule has 0 bridgehead atoms. The third-order valence-corrected chi connectivity index (χ3v) is 11.0. The zero-order valence-corrected chi connectivity index (χ0v) is 28.2. The molecule has 10 rings (SSSR count). The molecule has 9 aromatic carbocycles. The lowest BCUT2D eigenvalue weighted by atomic mass is 9.82. The van der Waals surface area contributed by atoms with Gasteiger partial charge in [0.2, 0.25) is 0 Å². The molecule has 0 heterocycles. The van der Waals surface area contributed by atoms with Gasteiger partial charge in [0.25, 0.3) is 0 Å². The first-order chi connectivity index (χ1) is 24.6. The van der Waals surface area contributed by atoms with E-state index in [9.17, 15) is 0 Å². The van der Waals surface area contributed by atoms with E-state index in [1.807, 2.05) is 0 Å². The van der Waals surface area contributed by atoms with E-state index in [-0.39, 0.29) is 5.41 Å². The third kappa shape index (κ3) is 4.27. The van der Waals surface area contributed by atoms with E-state index in [0.29, 0.717) is 0 Å². The molecular weight excluding hydrogens is 603 g/mol. The van der Waals surface area contributed by atoms with Gasteiger partial charge in [-0.2, -0.15) is 0 Å². The van der Waals surface area contributed by atoms with Crippen LogP contribution in [0.1, 0.15) is 25.0 Å². The van der Waals surface area contributed by atoms with Crippen molar-refractivity contribution in [3.8, 4) is 22.3 Å². The second-order valence-electron chi connectivity index (χ2n) is 14.1. The molecule has 0 aliphatic heterocycles. The van der Waals surface area contributed by atoms with Gasteiger partial charge in [0.15, 0.2) is 0 Å². The van der Waals surface area contributed by atoms with Crippen molar-refractivity contribution >= 4 is 60.2 Å². The Labute approximate surface area is 292 Å². The number of hydrogen-bond acceptors (Lipinski definition) is 1. The van der Waals surface area contributed by atoms with Gasteiger partial charge in [-0.15, -0.1) is 0 Å². The van der Waals surface area contributed by atoms with Gasteiger partial charge in [-0.1, -0.05) is 159 Å². The highest BCUT2D eigenvalue weighted by Crippen LogP contribution is 2.51. The van der Waals surface area contributed by atoms with Crippen molar-refractivity contribution in [1.29, 1.82) is 0 Å². The number of fused-ring (bicyclic) bond motifs is 10. The first-order valence-electron chi connectivity index (χ1n) is 17.5. The summed E-state index contributed by atoms with van der Waals surface area (Å²) in [4.78, 5) is 2.46. The minimum Gasteiger partial charge on any atom is -0.310 e. The predicted molar refractivity (Wildman–Crippen MR) is 214 cm³/mol. The van der Waals surface area contributed by atoms with E-state index >= 15 is 0 Å². The fraction of sp³-hybridized carbons (Fsp3) is 0.0612. The number of rotatable bonds is 4. The summed E-state index contributed by atoms with van der Waals surface area (Å²) in [5, 5.41) is 10.2. The second kappa shape index (κ2) is 10.9. The van der Waals surface area contributed by atoms with E-state index in [2.05, 4.69) is 195 Å². The summed E-state index contributed by atoms with van der Waals surface area (Å²) in [5.41, 5.74) is 11.2. The summed E-state index contributed by atoms with van der Waals surface area (Å²) in [6.07, 6.45) is 0. The molecule has 1 heteroatoms. The van der Waals surface area contributed by atoms with Crippen LogP contribution in [0.4, 0.5) is 17.1 Å². The number of anilines is 3. The summed E-state index contributed by atoms with van der Waals surface area (Å²) >= 11 is 0. The van der Waals surface area contributed by atoms with Crippen LogP contribution in [0.5, 0.6) is 0 Å². The Kier molecular flexibility index (Phi) is 6.29. The van der Waals surface area contributed by atoms with Crippen LogP contribution in [-0.4, -0.2) is 0 Å². The summed E-state index contributed by atoms with van der Waals surface area (Å²) in [5.74, 6) is 0. The van der Waals surface area contributed by atoms with Crippen molar-refractivity contribution in [3.63, 3.8) is 0 Å². The van der Waals surface area contributed by atoms with Crippen molar-refractivity contribution in [2.24, 2.45) is 0 Å². The van der Waals surface area contributed by atoms with Crippen molar-refractivity contribution in [1.82, 2.24) is 0 Å². The maximum Gasteiger partial charge on any atom is 0.0540 e. The van der Waals surface area contributed by atoms with Crippen LogP contribution >= 0.6 is 0 Å². The van der Waals surface area contributed by atoms with Gasteiger partial charge in [0.1, 0.15) is 0 Å². The van der Waals surface area contributed by atoms with Gasteiger partial charge in [-0.3, -0.25) is 0 Å². The average molecular weight is 638 g/mol. The van der Waals surface area contributed by atoms with Gasteiger partial charge in [0, 0.05) is 22.2 Å². The molecule has 1 nitrogen and oxygen atoms in total. The van der Waals surface area contributed by atoms with E-state index in [1.165, 1.54) is 82.2 Å². The van der Waals surface area contributed by atoms with Crippen LogP contribution in [0.2, 0.25) is 0 Å². The van der Waals surface area contributed by atoms with E-state index in [0.717, 1.165) is 11.4 Å². The molecule has 0 atom stereocenters. The van der Waals surface area contributed by atoms with Gasteiger partial charge in [-0.05, 0) is 101 Å². The van der Waals surface area contributed by atoms with Crippen LogP contribution in [-0.2, 0) is 5.41 Å². The lowest BCUT2D eigenvalue weighted by molar-refractivity contribution is 0.660. The molecular formula is C49H35N. The van der Waals surface area contributed by atoms with Crippen molar-refractivity contribution in [2.45, 2.75) is 19.3 Å². The highest BCUT2D eigenvalue weighted by Gasteiger charge is 2.35. The van der Waals surface area contributed by atoms with Crippen molar-refractivity contribution in [3.05, 3.63) is 187 Å². The molecule has 0 amide bonds. The Morgan fingerprint density at radius 1 is 0.380 bits per heavy atom. The maximum atomic E-state index is 2.46. The summed E-state index contributed by atoms with van der Waals surface area (Å²) < 4.78 is 0. The van der Waals surface area contributed by atoms with Crippen LogP contribution in [0.15, 0.2) is 176 Å². The standard InChI is InChI=1S/C49H35N/c1-49(2)44-17-9-8-15-40(44)43-31-38(28-30-45(43)49)50(37-26-23-33(24-27-37)32-11-4-3-5-12-32)46-18-10-16-42-41(46)29-25-36-22-21-35-20-19-34-13-6-7-14-39(34)47(35)48(36)42/h3-31H,1-2H3. The topological polar surface area (TPSA) is 3.24 Å². The van der Waals surface area contributed by atoms with Crippen LogP contribution in [0.3, 0.4) is 0 Å². The molecule has 0 saturated carbocycles. The van der Waals surface area contributed by atoms with E-state index in [4.69, 9.17) is 0 Å². The summed E-state index contributed by atoms with van der Waals surface area (Å²) in [6, 6.07) is 65.0. The lowest BCUT2D eigenvalue weighted by Crippen LogP contribution is -2.15. The first-order valence-corrected chi connectivity index (χ1v) is 17.5. The zero-order chi connectivity index (χ0) is 33.4. The molecule has 0 N–H and O–H groups in total. The predicted octanol–water partition coefficient (Wildman–Crippen LogP) is 13.7. The average Bonchev–Trinajstić information content (AvgIpc) is 3.40. The largest absolute Gasteiger partial charge is 0.310 e. The highest BCUT2D eigenvalue weighted by molar-refractivity contribution is 6.28. The molecule has 9 aromatic rings. The highest BCUT2D eigenvalue weighted by atomic mass is 15.1. The molecule has 1 aliphatic rings. The SMILES string of the molecule is CC1(C)c2ccccc2-c2cc(N(c3ccc(-c4ccccc4)cc3)c3cccc4c3ccc3ccc5ccc6ccccc6c5c34)ccc21. The Balaban J connectivity index is 1.24. The Morgan fingerprint density at radius 3 is 1.80 bits per heavy atom. The van der Waals surface area contributed by atoms with Gasteiger partial charge < -0.3 is 4.90 Å². The normalized spacial score (nSPS) is 13.2. The molecule has 0 saturated heterocycles. The molecule has 236 valence electrons. The zero-order valence-electron chi connectivity index (χ0n) is 28.2. The Bertz CT molecular complexity index is 2770. The first kappa shape index (κ1) is 28.8. The molecule has 0 spiro atoms. The smallest absolute Gasteiger partial charge is 0.0540 e. The summed E-state index contributed by atoms with van der Waals surface area (Å²) in [7, 11) is 0. The number of benzene rings is 9. The number of hydrogen-bond donors (Lipinski definition) is 0. The molecule has 50 heavy (non-hydrogen) atoms. The van der Waals surface area contributed by atoms with Crippen molar-refractivity contribution in [2.75, 3.05) is 4.90 Å². The molecule has 0 fully saturated rings. The molecule has 1 aliphatic carbocycles. The van der Waals surface area contributed by atoms with Gasteiger partial charge in [0.05, 0.1) is 5.69 Å². The van der Waals surface area contributed by atoms with Crippen LogP contribution in [0.25, 0.3) is 65.3 Å². The lowest BCUT2D eigenvalue weighted by Gasteiger charge is -2.28. The minimum absolute atomic E-state index is 0.0468. The van der Waals surface area contributed by atoms with E-state index in [1.54, 1.807) is 0 Å². The van der Waals surface area contributed by atoms with Gasteiger partial charge >= 0.3 is 0 Å². The van der Waals surface area contributed by atoms with Crippen LogP contribution in [0, 0.1) is 0 Å². The maximum absolute atomic E-state index is 2.46. The molecule has 0 radical (unpaired) electrons. The number of nitrogens with zero attached hydrogens (tertiary/aromatic N) is 1. The monoisotopic (exact) mass is 637 g/mol.